The largest absolute Gasteiger partial charge is 0.490 e. The second kappa shape index (κ2) is 7.69. The number of rotatable bonds is 6. The predicted molar refractivity (Wildman–Crippen MR) is 85.9 cm³/mol. The zero-order chi connectivity index (χ0) is 15.1. The number of benzene rings is 2. The summed E-state index contributed by atoms with van der Waals surface area (Å²) in [6.45, 7) is 2.39. The van der Waals surface area contributed by atoms with Crippen molar-refractivity contribution in [2.24, 2.45) is 0 Å². The Balaban J connectivity index is 1.74. The number of nitrogens with one attached hydrogen (secondary N) is 1. The zero-order valence-electron chi connectivity index (χ0n) is 11.6. The Labute approximate surface area is 132 Å². The molecule has 0 spiro atoms. The van der Waals surface area contributed by atoms with Crippen molar-refractivity contribution in [2.45, 2.75) is 6.92 Å². The fourth-order valence-electron chi connectivity index (χ4n) is 1.71. The van der Waals surface area contributed by atoms with Crippen LogP contribution < -0.4 is 14.8 Å². The fraction of sp³-hybridized carbons (Fsp3) is 0.188. The Kier molecular flexibility index (Phi) is 5.63. The van der Waals surface area contributed by atoms with Crippen LogP contribution in [0.15, 0.2) is 53.0 Å². The van der Waals surface area contributed by atoms with Crippen LogP contribution in [-0.4, -0.2) is 19.1 Å². The van der Waals surface area contributed by atoms with Gasteiger partial charge < -0.3 is 14.8 Å². The van der Waals surface area contributed by atoms with E-state index in [4.69, 9.17) is 9.47 Å². The Bertz CT molecular complexity index is 599. The number of hydrogen-bond donors (Lipinski definition) is 1. The maximum Gasteiger partial charge on any atom is 0.221 e. The second-order valence-corrected chi connectivity index (χ2v) is 5.28. The van der Waals surface area contributed by atoms with Crippen LogP contribution in [0.2, 0.25) is 0 Å². The van der Waals surface area contributed by atoms with Gasteiger partial charge in [0.1, 0.15) is 24.7 Å². The molecule has 0 radical (unpaired) electrons. The second-order valence-electron chi connectivity index (χ2n) is 4.36. The van der Waals surface area contributed by atoms with Gasteiger partial charge in [0, 0.05) is 17.1 Å². The van der Waals surface area contributed by atoms with Crippen molar-refractivity contribution >= 4 is 27.5 Å². The van der Waals surface area contributed by atoms with Gasteiger partial charge in [0.05, 0.1) is 0 Å². The van der Waals surface area contributed by atoms with Gasteiger partial charge in [0.2, 0.25) is 5.91 Å². The summed E-state index contributed by atoms with van der Waals surface area (Å²) in [7, 11) is 0. The first kappa shape index (κ1) is 15.4. The normalized spacial score (nSPS) is 10.0. The summed E-state index contributed by atoms with van der Waals surface area (Å²) in [6.07, 6.45) is 0. The molecule has 0 fully saturated rings. The molecule has 5 heteroatoms. The maximum absolute atomic E-state index is 10.9. The molecule has 0 aliphatic carbocycles. The number of carbonyl (C=O) groups excluding carboxylic acids is 1. The summed E-state index contributed by atoms with van der Waals surface area (Å²) in [6, 6.07) is 14.9. The SMILES string of the molecule is CC(=O)Nc1ccc(OCCOc2cccc(Br)c2)cc1. The molecule has 0 aromatic heterocycles. The molecule has 0 atom stereocenters. The van der Waals surface area contributed by atoms with E-state index in [1.165, 1.54) is 6.92 Å². The third-order valence-corrected chi connectivity index (χ3v) is 3.08. The highest BCUT2D eigenvalue weighted by molar-refractivity contribution is 9.10. The molecule has 21 heavy (non-hydrogen) atoms. The molecule has 1 amide bonds. The van der Waals surface area contributed by atoms with Crippen LogP contribution in [0, 0.1) is 0 Å². The van der Waals surface area contributed by atoms with Crippen LogP contribution in [0.4, 0.5) is 5.69 Å². The summed E-state index contributed by atoms with van der Waals surface area (Å²) in [5, 5.41) is 2.70. The van der Waals surface area contributed by atoms with E-state index in [-0.39, 0.29) is 5.91 Å². The summed E-state index contributed by atoms with van der Waals surface area (Å²) in [4.78, 5) is 10.9. The average Bonchev–Trinajstić information content (AvgIpc) is 2.45. The summed E-state index contributed by atoms with van der Waals surface area (Å²) in [5.74, 6) is 1.45. The van der Waals surface area contributed by atoms with E-state index in [1.807, 2.05) is 36.4 Å². The van der Waals surface area contributed by atoms with E-state index in [9.17, 15) is 4.79 Å². The van der Waals surface area contributed by atoms with Gasteiger partial charge in [-0.2, -0.15) is 0 Å². The molecular formula is C16H16BrNO3. The number of carbonyl (C=O) groups is 1. The minimum atomic E-state index is -0.0916. The third-order valence-electron chi connectivity index (χ3n) is 2.59. The minimum absolute atomic E-state index is 0.0916. The lowest BCUT2D eigenvalue weighted by Gasteiger charge is -2.09. The minimum Gasteiger partial charge on any atom is -0.490 e. The fourth-order valence-corrected chi connectivity index (χ4v) is 2.09. The molecule has 0 aliphatic rings. The molecule has 0 bridgehead atoms. The van der Waals surface area contributed by atoms with E-state index in [2.05, 4.69) is 21.2 Å². The monoisotopic (exact) mass is 349 g/mol. The highest BCUT2D eigenvalue weighted by atomic mass is 79.9. The van der Waals surface area contributed by atoms with E-state index in [0.717, 1.165) is 21.7 Å². The number of hydrogen-bond acceptors (Lipinski definition) is 3. The van der Waals surface area contributed by atoms with E-state index >= 15 is 0 Å². The van der Waals surface area contributed by atoms with Crippen molar-refractivity contribution in [3.05, 3.63) is 53.0 Å². The molecule has 2 aromatic carbocycles. The summed E-state index contributed by atoms with van der Waals surface area (Å²) >= 11 is 3.39. The topological polar surface area (TPSA) is 47.6 Å². The van der Waals surface area contributed by atoms with Crippen molar-refractivity contribution in [2.75, 3.05) is 18.5 Å². The number of ether oxygens (including phenoxy) is 2. The quantitative estimate of drug-likeness (QED) is 0.805. The standard InChI is InChI=1S/C16H16BrNO3/c1-12(19)18-14-5-7-15(8-6-14)20-9-10-21-16-4-2-3-13(17)11-16/h2-8,11H,9-10H2,1H3,(H,18,19). The number of halogens is 1. The van der Waals surface area contributed by atoms with Crippen molar-refractivity contribution in [1.82, 2.24) is 0 Å². The van der Waals surface area contributed by atoms with Crippen molar-refractivity contribution in [1.29, 1.82) is 0 Å². The van der Waals surface area contributed by atoms with Crippen LogP contribution in [0.3, 0.4) is 0 Å². The molecule has 4 nitrogen and oxygen atoms in total. The van der Waals surface area contributed by atoms with Gasteiger partial charge in [-0.15, -0.1) is 0 Å². The first-order valence-corrected chi connectivity index (χ1v) is 7.31. The van der Waals surface area contributed by atoms with Crippen LogP contribution in [0.25, 0.3) is 0 Å². The molecule has 110 valence electrons. The highest BCUT2D eigenvalue weighted by Crippen LogP contribution is 2.18. The summed E-state index contributed by atoms with van der Waals surface area (Å²) in [5.41, 5.74) is 0.750. The third kappa shape index (κ3) is 5.47. The van der Waals surface area contributed by atoms with Crippen LogP contribution in [-0.2, 0) is 4.79 Å². The molecule has 0 unspecified atom stereocenters. The molecular weight excluding hydrogens is 334 g/mol. The molecule has 0 heterocycles. The van der Waals surface area contributed by atoms with Crippen LogP contribution in [0.5, 0.6) is 11.5 Å². The highest BCUT2D eigenvalue weighted by Gasteiger charge is 1.98. The van der Waals surface area contributed by atoms with E-state index < -0.39 is 0 Å². The van der Waals surface area contributed by atoms with Gasteiger partial charge in [0.15, 0.2) is 0 Å². The van der Waals surface area contributed by atoms with Gasteiger partial charge in [-0.1, -0.05) is 22.0 Å². The Morgan fingerprint density at radius 2 is 1.71 bits per heavy atom. The lowest BCUT2D eigenvalue weighted by Crippen LogP contribution is -2.09. The Hall–Kier alpha value is -2.01. The molecule has 1 N–H and O–H groups in total. The molecule has 2 aromatic rings. The van der Waals surface area contributed by atoms with E-state index in [0.29, 0.717) is 13.2 Å². The van der Waals surface area contributed by atoms with Gasteiger partial charge in [-0.3, -0.25) is 4.79 Å². The van der Waals surface area contributed by atoms with Crippen molar-refractivity contribution < 1.29 is 14.3 Å². The average molecular weight is 350 g/mol. The molecule has 0 saturated heterocycles. The smallest absolute Gasteiger partial charge is 0.221 e. The van der Waals surface area contributed by atoms with Crippen LogP contribution >= 0.6 is 15.9 Å². The molecule has 0 aliphatic heterocycles. The first-order chi connectivity index (χ1) is 10.1. The molecule has 0 saturated carbocycles. The maximum atomic E-state index is 10.9. The van der Waals surface area contributed by atoms with Gasteiger partial charge in [0.25, 0.3) is 0 Å². The Morgan fingerprint density at radius 3 is 2.33 bits per heavy atom. The first-order valence-electron chi connectivity index (χ1n) is 6.52. The lowest BCUT2D eigenvalue weighted by molar-refractivity contribution is -0.114. The van der Waals surface area contributed by atoms with Crippen molar-refractivity contribution in [3.8, 4) is 11.5 Å². The Morgan fingerprint density at radius 1 is 1.05 bits per heavy atom. The van der Waals surface area contributed by atoms with Crippen LogP contribution in [0.1, 0.15) is 6.92 Å². The lowest BCUT2D eigenvalue weighted by atomic mass is 10.3. The number of anilines is 1. The van der Waals surface area contributed by atoms with Crippen molar-refractivity contribution in [3.63, 3.8) is 0 Å². The van der Waals surface area contributed by atoms with Gasteiger partial charge >= 0.3 is 0 Å². The zero-order valence-corrected chi connectivity index (χ0v) is 13.2. The predicted octanol–water partition coefficient (Wildman–Crippen LogP) is 3.87. The summed E-state index contributed by atoms with van der Waals surface area (Å²) < 4.78 is 12.1. The van der Waals surface area contributed by atoms with E-state index in [1.54, 1.807) is 12.1 Å². The van der Waals surface area contributed by atoms with Gasteiger partial charge in [-0.05, 0) is 42.5 Å². The molecule has 2 rings (SSSR count). The van der Waals surface area contributed by atoms with Gasteiger partial charge in [-0.25, -0.2) is 0 Å². The number of amides is 1.